The topological polar surface area (TPSA) is 99.7 Å². The number of anilines is 4. The van der Waals surface area contributed by atoms with Crippen molar-refractivity contribution >= 4 is 34.7 Å². The summed E-state index contributed by atoms with van der Waals surface area (Å²) in [5, 5.41) is 5.88. The van der Waals surface area contributed by atoms with E-state index in [1.54, 1.807) is 12.1 Å². The summed E-state index contributed by atoms with van der Waals surface area (Å²) < 4.78 is 19.2. The lowest BCUT2D eigenvalue weighted by Crippen LogP contribution is -2.29. The molecule has 0 unspecified atom stereocenters. The van der Waals surface area contributed by atoms with Gasteiger partial charge in [0.15, 0.2) is 0 Å². The number of aromatic nitrogens is 2. The van der Waals surface area contributed by atoms with E-state index < -0.39 is 11.6 Å². The minimum absolute atomic E-state index is 0.0947. The van der Waals surface area contributed by atoms with Crippen LogP contribution in [0.25, 0.3) is 0 Å². The molecule has 188 valence electrons. The number of ketones is 1. The lowest BCUT2D eigenvalue weighted by atomic mass is 10.1. The number of likely N-dealkylation sites (N-methyl/N-ethyl adjacent to an activating group) is 2. The summed E-state index contributed by atoms with van der Waals surface area (Å²) in [7, 11) is 7.40. The summed E-state index contributed by atoms with van der Waals surface area (Å²) in [6.07, 6.45) is 2.61. The van der Waals surface area contributed by atoms with Gasteiger partial charge in [-0.1, -0.05) is 18.7 Å². The molecule has 2 aromatic carbocycles. The molecule has 1 aromatic heterocycles. The normalized spacial score (nSPS) is 10.6. The first kappa shape index (κ1) is 26.3. The van der Waals surface area contributed by atoms with Crippen LogP contribution < -0.4 is 20.3 Å². The molecule has 2 N–H and O–H groups in total. The van der Waals surface area contributed by atoms with Gasteiger partial charge in [-0.3, -0.25) is 9.59 Å². The van der Waals surface area contributed by atoms with Gasteiger partial charge in [-0.25, -0.2) is 14.4 Å². The van der Waals surface area contributed by atoms with E-state index >= 15 is 0 Å². The number of hydrogen-bond donors (Lipinski definition) is 2. The largest absolute Gasteiger partial charge is 0.494 e. The number of ether oxygens (including phenoxy) is 1. The van der Waals surface area contributed by atoms with E-state index in [1.165, 1.54) is 43.6 Å². The number of nitrogens with one attached hydrogen (secondary N) is 2. The second-order valence-electron chi connectivity index (χ2n) is 8.22. The highest BCUT2D eigenvalue weighted by atomic mass is 19.1. The molecule has 0 fully saturated rings. The molecule has 36 heavy (non-hydrogen) atoms. The predicted octanol–water partition coefficient (Wildman–Crippen LogP) is 3.72. The zero-order valence-corrected chi connectivity index (χ0v) is 20.7. The Balaban J connectivity index is 1.95. The monoisotopic (exact) mass is 492 g/mol. The molecule has 0 aliphatic heterocycles. The van der Waals surface area contributed by atoms with Crippen molar-refractivity contribution < 1.29 is 18.7 Å². The molecule has 0 aliphatic rings. The maximum atomic E-state index is 13.6. The SMILES string of the molecule is C=CC(=O)Nc1cc(Nc2nccc(C(=O)c3cccc(F)c3)n2)c(OC)cc1N(C)CCN(C)C. The fraction of sp³-hybridized carbons (Fsp3) is 0.231. The number of carbonyl (C=O) groups excluding carboxylic acids is 2. The molecule has 1 amide bonds. The van der Waals surface area contributed by atoms with Crippen LogP contribution in [-0.2, 0) is 4.79 Å². The average Bonchev–Trinajstić information content (AvgIpc) is 2.87. The molecule has 0 spiro atoms. The van der Waals surface area contributed by atoms with Crippen LogP contribution >= 0.6 is 0 Å². The standard InChI is InChI=1S/C26H29FN6O3/c1-6-24(34)29-20-15-21(23(36-5)16-22(20)33(4)13-12-32(2)3)31-26-28-11-10-19(30-26)25(35)17-8-7-9-18(27)14-17/h6-11,14-16H,1,12-13H2,2-5H3,(H,29,34)(H,28,30,31). The number of carbonyl (C=O) groups is 2. The van der Waals surface area contributed by atoms with Crippen molar-refractivity contribution in [1.29, 1.82) is 0 Å². The Hall–Kier alpha value is -4.31. The number of nitrogens with zero attached hydrogens (tertiary/aromatic N) is 4. The first-order chi connectivity index (χ1) is 17.2. The van der Waals surface area contributed by atoms with E-state index in [-0.39, 0.29) is 23.1 Å². The molecule has 0 bridgehead atoms. The number of hydrogen-bond acceptors (Lipinski definition) is 8. The van der Waals surface area contributed by atoms with Crippen molar-refractivity contribution in [2.45, 2.75) is 0 Å². The summed E-state index contributed by atoms with van der Waals surface area (Å²) in [4.78, 5) is 37.5. The number of benzene rings is 2. The van der Waals surface area contributed by atoms with E-state index in [0.29, 0.717) is 23.7 Å². The Kier molecular flexibility index (Phi) is 8.69. The first-order valence-corrected chi connectivity index (χ1v) is 11.1. The Morgan fingerprint density at radius 2 is 1.89 bits per heavy atom. The highest BCUT2D eigenvalue weighted by Crippen LogP contribution is 2.37. The third-order valence-corrected chi connectivity index (χ3v) is 5.28. The summed E-state index contributed by atoms with van der Waals surface area (Å²) >= 11 is 0. The van der Waals surface area contributed by atoms with E-state index in [2.05, 4.69) is 32.1 Å². The number of halogens is 1. The van der Waals surface area contributed by atoms with Crippen molar-refractivity contribution in [2.24, 2.45) is 0 Å². The molecule has 3 aromatic rings. The molecule has 10 heteroatoms. The minimum atomic E-state index is -0.511. The van der Waals surface area contributed by atoms with Crippen LogP contribution in [0.4, 0.5) is 27.4 Å². The van der Waals surface area contributed by atoms with Gasteiger partial charge in [-0.05, 0) is 44.4 Å². The van der Waals surface area contributed by atoms with Crippen LogP contribution in [0.15, 0.2) is 61.3 Å². The average molecular weight is 493 g/mol. The molecule has 0 atom stereocenters. The van der Waals surface area contributed by atoms with Crippen molar-refractivity contribution in [2.75, 3.05) is 56.9 Å². The predicted molar refractivity (Wildman–Crippen MR) is 139 cm³/mol. The Bertz CT molecular complexity index is 1260. The van der Waals surface area contributed by atoms with E-state index in [1.807, 2.05) is 26.0 Å². The van der Waals surface area contributed by atoms with Crippen molar-refractivity contribution in [3.05, 3.63) is 78.4 Å². The molecule has 0 saturated carbocycles. The van der Waals surface area contributed by atoms with Crippen molar-refractivity contribution in [3.8, 4) is 5.75 Å². The first-order valence-electron chi connectivity index (χ1n) is 11.1. The quantitative estimate of drug-likeness (QED) is 0.309. The van der Waals surface area contributed by atoms with Crippen LogP contribution in [0, 0.1) is 5.82 Å². The van der Waals surface area contributed by atoms with Crippen molar-refractivity contribution in [3.63, 3.8) is 0 Å². The molecule has 1 heterocycles. The molecule has 9 nitrogen and oxygen atoms in total. The molecule has 0 saturated heterocycles. The maximum absolute atomic E-state index is 13.6. The highest BCUT2D eigenvalue weighted by Gasteiger charge is 2.18. The summed E-state index contributed by atoms with van der Waals surface area (Å²) in [6, 6.07) is 10.3. The zero-order valence-electron chi connectivity index (χ0n) is 20.7. The summed E-state index contributed by atoms with van der Waals surface area (Å²) in [5.41, 5.74) is 2.01. The fourth-order valence-electron chi connectivity index (χ4n) is 3.35. The van der Waals surface area contributed by atoms with E-state index in [0.717, 1.165) is 18.3 Å². The number of amides is 1. The minimum Gasteiger partial charge on any atom is -0.494 e. The van der Waals surface area contributed by atoms with Gasteiger partial charge >= 0.3 is 0 Å². The van der Waals surface area contributed by atoms with Gasteiger partial charge in [0.2, 0.25) is 17.6 Å². The van der Waals surface area contributed by atoms with Gasteiger partial charge in [0, 0.05) is 38.0 Å². The molecular formula is C26H29FN6O3. The maximum Gasteiger partial charge on any atom is 0.247 e. The van der Waals surface area contributed by atoms with Crippen molar-refractivity contribution in [1.82, 2.24) is 14.9 Å². The van der Waals surface area contributed by atoms with Crippen LogP contribution in [0.3, 0.4) is 0 Å². The zero-order chi connectivity index (χ0) is 26.2. The molecular weight excluding hydrogens is 463 g/mol. The molecule has 3 rings (SSSR count). The van der Waals surface area contributed by atoms with Crippen LogP contribution in [0.1, 0.15) is 16.1 Å². The van der Waals surface area contributed by atoms with Gasteiger partial charge < -0.3 is 25.2 Å². The fourth-order valence-corrected chi connectivity index (χ4v) is 3.35. The summed E-state index contributed by atoms with van der Waals surface area (Å²) in [5.74, 6) is -0.715. The van der Waals surface area contributed by atoms with Gasteiger partial charge in [0.05, 0.1) is 24.2 Å². The molecule has 0 aliphatic carbocycles. The Labute approximate surface area is 209 Å². The van der Waals surface area contributed by atoms with Gasteiger partial charge in [0.1, 0.15) is 17.3 Å². The van der Waals surface area contributed by atoms with E-state index in [9.17, 15) is 14.0 Å². The van der Waals surface area contributed by atoms with Crippen LogP contribution in [0.2, 0.25) is 0 Å². The van der Waals surface area contributed by atoms with Crippen LogP contribution in [0.5, 0.6) is 5.75 Å². The molecule has 0 radical (unpaired) electrons. The second kappa shape index (κ2) is 11.9. The third-order valence-electron chi connectivity index (χ3n) is 5.28. The second-order valence-corrected chi connectivity index (χ2v) is 8.22. The highest BCUT2D eigenvalue weighted by molar-refractivity contribution is 6.07. The lowest BCUT2D eigenvalue weighted by molar-refractivity contribution is -0.111. The Morgan fingerprint density at radius 3 is 2.56 bits per heavy atom. The van der Waals surface area contributed by atoms with E-state index in [4.69, 9.17) is 4.74 Å². The van der Waals surface area contributed by atoms with Gasteiger partial charge in [0.25, 0.3) is 0 Å². The number of rotatable bonds is 11. The lowest BCUT2D eigenvalue weighted by Gasteiger charge is -2.26. The van der Waals surface area contributed by atoms with Gasteiger partial charge in [-0.15, -0.1) is 0 Å². The smallest absolute Gasteiger partial charge is 0.247 e. The summed E-state index contributed by atoms with van der Waals surface area (Å²) in [6.45, 7) is 5.02. The third kappa shape index (κ3) is 6.63. The van der Waals surface area contributed by atoms with Gasteiger partial charge in [-0.2, -0.15) is 0 Å². The van der Waals surface area contributed by atoms with Crippen LogP contribution in [-0.4, -0.2) is 67.9 Å². The Morgan fingerprint density at radius 1 is 1.11 bits per heavy atom. The number of methoxy groups -OCH3 is 1.